The third kappa shape index (κ3) is 5.53. The molecule has 0 aliphatic rings. The first-order chi connectivity index (χ1) is 16.4. The summed E-state index contributed by atoms with van der Waals surface area (Å²) in [4.78, 5) is 25.2. The minimum atomic E-state index is -4.06. The molecule has 0 saturated heterocycles. The first-order valence-corrected chi connectivity index (χ1v) is 12.4. The molecule has 12 heteroatoms. The second-order valence-electron chi connectivity index (χ2n) is 7.38. The number of carbonyl (C=O) groups excluding carboxylic acids is 2. The molecule has 0 unspecified atom stereocenters. The monoisotopic (exact) mass is 586 g/mol. The summed E-state index contributed by atoms with van der Waals surface area (Å²) < 4.78 is 58.7. The molecule has 3 aromatic carbocycles. The molecule has 184 valence electrons. The Morgan fingerprint density at radius 3 is 2.20 bits per heavy atom. The number of hydrogen-bond donors (Lipinski definition) is 1. The van der Waals surface area contributed by atoms with E-state index in [2.05, 4.69) is 21.2 Å². The van der Waals surface area contributed by atoms with Crippen molar-refractivity contribution in [1.82, 2.24) is 4.31 Å². The maximum Gasteiger partial charge on any atom is 0.339 e. The first kappa shape index (κ1) is 26.7. The highest BCUT2D eigenvalue weighted by Crippen LogP contribution is 2.32. The lowest BCUT2D eigenvalue weighted by Crippen LogP contribution is -2.26. The third-order valence-electron chi connectivity index (χ3n) is 4.95. The van der Waals surface area contributed by atoms with Gasteiger partial charge in [0, 0.05) is 18.6 Å². The van der Waals surface area contributed by atoms with Gasteiger partial charge in [-0.3, -0.25) is 4.79 Å². The fourth-order valence-electron chi connectivity index (χ4n) is 3.10. The molecular weight excluding hydrogens is 570 g/mol. The standard InChI is InChI=1S/C23H18BrClF2N2O5S/c1-29(2)35(32,33)21-11-16(24)17(25)10-15(21)22(30)28-20-9-13(4-6-14(20)23(31)34-3)12-5-7-18(26)19(27)8-12/h4-11H,1-3H3,(H,28,30). The van der Waals surface area contributed by atoms with Crippen molar-refractivity contribution in [3.8, 4) is 11.1 Å². The average molecular weight is 588 g/mol. The second-order valence-corrected chi connectivity index (χ2v) is 10.8. The molecule has 0 saturated carbocycles. The molecule has 0 heterocycles. The van der Waals surface area contributed by atoms with E-state index in [0.717, 1.165) is 23.5 Å². The summed E-state index contributed by atoms with van der Waals surface area (Å²) in [5.74, 6) is -3.78. The Labute approximate surface area is 213 Å². The van der Waals surface area contributed by atoms with E-state index in [4.69, 9.17) is 16.3 Å². The topological polar surface area (TPSA) is 92.8 Å². The molecule has 0 bridgehead atoms. The van der Waals surface area contributed by atoms with Gasteiger partial charge in [0.25, 0.3) is 5.91 Å². The number of halogens is 4. The molecular formula is C23H18BrClF2N2O5S. The van der Waals surface area contributed by atoms with Gasteiger partial charge in [-0.2, -0.15) is 0 Å². The number of rotatable bonds is 6. The van der Waals surface area contributed by atoms with E-state index in [1.54, 1.807) is 0 Å². The largest absolute Gasteiger partial charge is 0.465 e. The Balaban J connectivity index is 2.14. The van der Waals surface area contributed by atoms with Crippen LogP contribution in [0.15, 0.2) is 57.9 Å². The molecule has 0 aromatic heterocycles. The Morgan fingerprint density at radius 1 is 0.971 bits per heavy atom. The van der Waals surface area contributed by atoms with Gasteiger partial charge >= 0.3 is 5.97 Å². The van der Waals surface area contributed by atoms with Crippen LogP contribution in [0.4, 0.5) is 14.5 Å². The van der Waals surface area contributed by atoms with Crippen LogP contribution < -0.4 is 5.32 Å². The van der Waals surface area contributed by atoms with E-state index in [1.165, 1.54) is 50.5 Å². The molecule has 1 N–H and O–H groups in total. The molecule has 3 aromatic rings. The quantitative estimate of drug-likeness (QED) is 0.393. The minimum absolute atomic E-state index is 0.0451. The van der Waals surface area contributed by atoms with E-state index >= 15 is 0 Å². The fraction of sp³-hybridized carbons (Fsp3) is 0.130. The number of ether oxygens (including phenoxy) is 1. The zero-order chi connectivity index (χ0) is 26.1. The SMILES string of the molecule is COC(=O)c1ccc(-c2ccc(F)c(F)c2)cc1NC(=O)c1cc(Cl)c(Br)cc1S(=O)(=O)N(C)C. The number of benzene rings is 3. The zero-order valence-corrected chi connectivity index (χ0v) is 21.7. The molecule has 0 aliphatic carbocycles. The smallest absolute Gasteiger partial charge is 0.339 e. The van der Waals surface area contributed by atoms with Gasteiger partial charge in [0.1, 0.15) is 0 Å². The summed E-state index contributed by atoms with van der Waals surface area (Å²) in [5, 5.41) is 2.59. The van der Waals surface area contributed by atoms with Crippen molar-refractivity contribution in [2.75, 3.05) is 26.5 Å². The molecule has 3 rings (SSSR count). The van der Waals surface area contributed by atoms with Crippen molar-refractivity contribution < 1.29 is 31.5 Å². The van der Waals surface area contributed by atoms with Crippen LogP contribution in [0.3, 0.4) is 0 Å². The Kier molecular flexibility index (Phi) is 7.95. The maximum atomic E-state index is 13.8. The lowest BCUT2D eigenvalue weighted by molar-refractivity contribution is 0.0602. The lowest BCUT2D eigenvalue weighted by atomic mass is 10.0. The highest BCUT2D eigenvalue weighted by molar-refractivity contribution is 9.10. The van der Waals surface area contributed by atoms with Gasteiger partial charge in [-0.05, 0) is 63.5 Å². The number of methoxy groups -OCH3 is 1. The Morgan fingerprint density at radius 2 is 1.60 bits per heavy atom. The molecule has 0 aliphatic heterocycles. The van der Waals surface area contributed by atoms with Crippen LogP contribution in [0.2, 0.25) is 5.02 Å². The van der Waals surface area contributed by atoms with E-state index in [9.17, 15) is 26.8 Å². The summed E-state index contributed by atoms with van der Waals surface area (Å²) in [6.07, 6.45) is 0. The number of carbonyl (C=O) groups is 2. The highest BCUT2D eigenvalue weighted by atomic mass is 79.9. The molecule has 0 spiro atoms. The number of amides is 1. The number of hydrogen-bond acceptors (Lipinski definition) is 5. The van der Waals surface area contributed by atoms with Gasteiger partial charge in [0.05, 0.1) is 33.8 Å². The van der Waals surface area contributed by atoms with Crippen molar-refractivity contribution in [2.24, 2.45) is 0 Å². The number of anilines is 1. The second kappa shape index (κ2) is 10.4. The summed E-state index contributed by atoms with van der Waals surface area (Å²) in [5.41, 5.74) is 0.255. The molecule has 35 heavy (non-hydrogen) atoms. The molecule has 7 nitrogen and oxygen atoms in total. The predicted molar refractivity (Wildman–Crippen MR) is 131 cm³/mol. The number of nitrogens with one attached hydrogen (secondary N) is 1. The summed E-state index contributed by atoms with van der Waals surface area (Å²) >= 11 is 9.28. The van der Waals surface area contributed by atoms with Gasteiger partial charge in [0.2, 0.25) is 10.0 Å². The number of nitrogens with zero attached hydrogens (tertiary/aromatic N) is 1. The van der Waals surface area contributed by atoms with E-state index in [-0.39, 0.29) is 36.8 Å². The molecule has 0 radical (unpaired) electrons. The van der Waals surface area contributed by atoms with Crippen molar-refractivity contribution >= 4 is 55.1 Å². The normalized spacial score (nSPS) is 11.4. The van der Waals surface area contributed by atoms with Crippen LogP contribution in [-0.4, -0.2) is 45.8 Å². The predicted octanol–water partition coefficient (Wildman–Crippen LogP) is 5.34. The number of sulfonamides is 1. The number of esters is 1. The van der Waals surface area contributed by atoms with E-state index in [0.29, 0.717) is 5.56 Å². The van der Waals surface area contributed by atoms with E-state index < -0.39 is 33.5 Å². The van der Waals surface area contributed by atoms with Gasteiger partial charge in [-0.1, -0.05) is 23.7 Å². The Bertz CT molecular complexity index is 1450. The van der Waals surface area contributed by atoms with Crippen molar-refractivity contribution in [3.63, 3.8) is 0 Å². The Hall–Kier alpha value is -2.86. The summed E-state index contributed by atoms with van der Waals surface area (Å²) in [7, 11) is -0.302. The molecule has 0 atom stereocenters. The summed E-state index contributed by atoms with van der Waals surface area (Å²) in [6.45, 7) is 0. The lowest BCUT2D eigenvalue weighted by Gasteiger charge is -2.17. The van der Waals surface area contributed by atoms with Crippen LogP contribution >= 0.6 is 27.5 Å². The van der Waals surface area contributed by atoms with Crippen molar-refractivity contribution in [3.05, 3.63) is 80.8 Å². The minimum Gasteiger partial charge on any atom is -0.465 e. The van der Waals surface area contributed by atoms with Gasteiger partial charge < -0.3 is 10.1 Å². The van der Waals surface area contributed by atoms with Crippen molar-refractivity contribution in [1.29, 1.82) is 0 Å². The maximum absolute atomic E-state index is 13.8. The highest BCUT2D eigenvalue weighted by Gasteiger charge is 2.27. The van der Waals surface area contributed by atoms with Crippen LogP contribution in [0, 0.1) is 11.6 Å². The van der Waals surface area contributed by atoms with Gasteiger partial charge in [-0.25, -0.2) is 26.3 Å². The third-order valence-corrected chi connectivity index (χ3v) is 8.00. The average Bonchev–Trinajstić information content (AvgIpc) is 2.81. The van der Waals surface area contributed by atoms with Crippen LogP contribution in [0.1, 0.15) is 20.7 Å². The van der Waals surface area contributed by atoms with Crippen LogP contribution in [0.25, 0.3) is 11.1 Å². The van der Waals surface area contributed by atoms with Crippen LogP contribution in [0.5, 0.6) is 0 Å². The molecule has 1 amide bonds. The molecule has 0 fully saturated rings. The zero-order valence-electron chi connectivity index (χ0n) is 18.5. The van der Waals surface area contributed by atoms with Gasteiger partial charge in [-0.15, -0.1) is 0 Å². The summed E-state index contributed by atoms with van der Waals surface area (Å²) in [6, 6.07) is 9.77. The van der Waals surface area contributed by atoms with Crippen LogP contribution in [-0.2, 0) is 14.8 Å². The van der Waals surface area contributed by atoms with Gasteiger partial charge in [0.15, 0.2) is 11.6 Å². The first-order valence-electron chi connectivity index (χ1n) is 9.77. The van der Waals surface area contributed by atoms with E-state index in [1.807, 2.05) is 0 Å². The fourth-order valence-corrected chi connectivity index (χ4v) is 4.84. The van der Waals surface area contributed by atoms with Crippen molar-refractivity contribution in [2.45, 2.75) is 4.90 Å².